The van der Waals surface area contributed by atoms with E-state index in [1.165, 1.54) is 6.33 Å². The van der Waals surface area contributed by atoms with E-state index in [0.29, 0.717) is 45.0 Å². The lowest BCUT2D eigenvalue weighted by Gasteiger charge is -2.38. The van der Waals surface area contributed by atoms with Crippen LogP contribution in [-0.4, -0.2) is 62.6 Å². The van der Waals surface area contributed by atoms with E-state index in [0.717, 1.165) is 25.2 Å². The minimum atomic E-state index is -3.28. The summed E-state index contributed by atoms with van der Waals surface area (Å²) in [6.07, 6.45) is 3.99. The molecular weight excluding hydrogens is 342 g/mol. The van der Waals surface area contributed by atoms with Crippen molar-refractivity contribution in [2.24, 2.45) is 0 Å². The van der Waals surface area contributed by atoms with Crippen LogP contribution in [0.1, 0.15) is 38.3 Å². The Kier molecular flexibility index (Phi) is 4.45. The summed E-state index contributed by atoms with van der Waals surface area (Å²) < 4.78 is 36.6. The summed E-state index contributed by atoms with van der Waals surface area (Å²) in [6.45, 7) is 5.06. The van der Waals surface area contributed by atoms with Gasteiger partial charge in [0.25, 0.3) is 0 Å². The number of anilines is 1. The fourth-order valence-electron chi connectivity index (χ4n) is 3.91. The van der Waals surface area contributed by atoms with Crippen molar-refractivity contribution in [3.8, 4) is 0 Å². The van der Waals surface area contributed by atoms with Crippen molar-refractivity contribution in [3.05, 3.63) is 18.1 Å². The Morgan fingerprint density at radius 1 is 1.16 bits per heavy atom. The van der Waals surface area contributed by atoms with Gasteiger partial charge in [0.1, 0.15) is 16.9 Å². The van der Waals surface area contributed by atoms with E-state index in [-0.39, 0.29) is 11.3 Å². The lowest BCUT2D eigenvalue weighted by Crippen LogP contribution is -2.46. The smallest absolute Gasteiger partial charge is 0.164 e. The lowest BCUT2D eigenvalue weighted by atomic mass is 9.94. The average Bonchev–Trinajstić information content (AvgIpc) is 3.48. The first-order valence-electron chi connectivity index (χ1n) is 9.03. The Hall–Kier alpha value is -1.25. The Balaban J connectivity index is 1.74. The second kappa shape index (κ2) is 6.48. The third-order valence-corrected chi connectivity index (χ3v) is 8.65. The van der Waals surface area contributed by atoms with Crippen molar-refractivity contribution in [1.82, 2.24) is 9.97 Å². The van der Waals surface area contributed by atoms with Gasteiger partial charge in [-0.25, -0.2) is 18.4 Å². The highest BCUT2D eigenvalue weighted by Crippen LogP contribution is 2.47. The van der Waals surface area contributed by atoms with E-state index in [4.69, 9.17) is 9.47 Å². The van der Waals surface area contributed by atoms with Crippen LogP contribution in [0, 0.1) is 0 Å². The van der Waals surface area contributed by atoms with Crippen molar-refractivity contribution < 1.29 is 17.9 Å². The van der Waals surface area contributed by atoms with Crippen molar-refractivity contribution in [2.75, 3.05) is 37.9 Å². The highest BCUT2D eigenvalue weighted by Gasteiger charge is 2.54. The fourth-order valence-corrected chi connectivity index (χ4v) is 6.44. The van der Waals surface area contributed by atoms with Crippen LogP contribution >= 0.6 is 0 Å². The first kappa shape index (κ1) is 17.2. The quantitative estimate of drug-likeness (QED) is 0.793. The van der Waals surface area contributed by atoms with Crippen LogP contribution < -0.4 is 4.90 Å². The first-order valence-corrected chi connectivity index (χ1v) is 10.6. The Morgan fingerprint density at radius 3 is 2.60 bits per heavy atom. The molecule has 3 aliphatic rings. The summed E-state index contributed by atoms with van der Waals surface area (Å²) in [7, 11) is -3.28. The molecule has 0 amide bonds. The van der Waals surface area contributed by atoms with Crippen molar-refractivity contribution >= 4 is 15.7 Å². The molecule has 4 rings (SSSR count). The molecule has 0 bridgehead atoms. The topological polar surface area (TPSA) is 81.6 Å². The van der Waals surface area contributed by atoms with Crippen LogP contribution in [0.25, 0.3) is 0 Å². The van der Waals surface area contributed by atoms with E-state index >= 15 is 0 Å². The van der Waals surface area contributed by atoms with Gasteiger partial charge in [0, 0.05) is 25.8 Å². The zero-order valence-electron chi connectivity index (χ0n) is 14.6. The zero-order valence-corrected chi connectivity index (χ0v) is 15.4. The normalized spacial score (nSPS) is 27.2. The molecule has 8 heteroatoms. The number of ether oxygens (including phenoxy) is 2. The Morgan fingerprint density at radius 2 is 1.92 bits per heavy atom. The molecule has 2 saturated heterocycles. The van der Waals surface area contributed by atoms with Crippen molar-refractivity contribution in [1.29, 1.82) is 0 Å². The van der Waals surface area contributed by atoms with Gasteiger partial charge in [-0.05, 0) is 32.6 Å². The third kappa shape index (κ3) is 2.94. The maximum Gasteiger partial charge on any atom is 0.164 e. The Bertz CT molecular complexity index is 729. The van der Waals surface area contributed by atoms with Crippen LogP contribution in [-0.2, 0) is 24.1 Å². The van der Waals surface area contributed by atoms with Gasteiger partial charge in [-0.15, -0.1) is 0 Å². The third-order valence-electron chi connectivity index (χ3n) is 5.59. The zero-order chi connectivity index (χ0) is 17.5. The molecule has 2 aliphatic heterocycles. The molecule has 1 aromatic rings. The van der Waals surface area contributed by atoms with Gasteiger partial charge >= 0.3 is 0 Å². The highest BCUT2D eigenvalue weighted by atomic mass is 32.2. The monoisotopic (exact) mass is 367 g/mol. The summed E-state index contributed by atoms with van der Waals surface area (Å²) >= 11 is 0. The van der Waals surface area contributed by atoms with Gasteiger partial charge < -0.3 is 14.4 Å². The molecule has 1 aliphatic carbocycles. The predicted molar refractivity (Wildman–Crippen MR) is 93.3 cm³/mol. The average molecular weight is 367 g/mol. The first-order chi connectivity index (χ1) is 12.0. The van der Waals surface area contributed by atoms with Gasteiger partial charge in [-0.3, -0.25) is 0 Å². The molecule has 0 aromatic carbocycles. The van der Waals surface area contributed by atoms with Crippen LogP contribution in [0.15, 0.2) is 12.4 Å². The van der Waals surface area contributed by atoms with Crippen LogP contribution in [0.5, 0.6) is 0 Å². The van der Waals surface area contributed by atoms with Crippen molar-refractivity contribution in [3.63, 3.8) is 0 Å². The molecule has 0 unspecified atom stereocenters. The minimum Gasteiger partial charge on any atom is -0.381 e. The summed E-state index contributed by atoms with van der Waals surface area (Å²) in [5.74, 6) is 0.790. The summed E-state index contributed by atoms with van der Waals surface area (Å²) in [6, 6.07) is 2.09. The standard InChI is InChI=1S/C17H25N3O4S/c1-13-11-24-9-6-20(13)16-10-15(18-12-19-16)17(4-7-23-8-5-17)25(21,22)14-2-3-14/h10,12-14H,2-9,11H2,1H3/t13-/m0/s1. The van der Waals surface area contributed by atoms with Crippen LogP contribution in [0.2, 0.25) is 0 Å². The van der Waals surface area contributed by atoms with E-state index in [1.807, 2.05) is 6.07 Å². The SMILES string of the molecule is C[C@H]1COCCN1c1cc(C2(S(=O)(=O)C3CC3)CCOCC2)ncn1. The molecule has 3 heterocycles. The number of sulfone groups is 1. The number of morpholine rings is 1. The van der Waals surface area contributed by atoms with Crippen LogP contribution in [0.3, 0.4) is 0 Å². The van der Waals surface area contributed by atoms with Crippen molar-refractivity contribution in [2.45, 2.75) is 48.6 Å². The molecular formula is C17H25N3O4S. The maximum atomic E-state index is 13.3. The number of nitrogens with zero attached hydrogens (tertiary/aromatic N) is 3. The number of aromatic nitrogens is 2. The van der Waals surface area contributed by atoms with Gasteiger partial charge in [0.2, 0.25) is 0 Å². The number of hydrogen-bond acceptors (Lipinski definition) is 7. The van der Waals surface area contributed by atoms with Gasteiger partial charge in [-0.2, -0.15) is 0 Å². The van der Waals surface area contributed by atoms with E-state index in [2.05, 4.69) is 21.8 Å². The maximum absolute atomic E-state index is 13.3. The van der Waals surface area contributed by atoms with Gasteiger partial charge in [0.05, 0.1) is 30.2 Å². The molecule has 7 nitrogen and oxygen atoms in total. The van der Waals surface area contributed by atoms with E-state index < -0.39 is 14.6 Å². The van der Waals surface area contributed by atoms with Gasteiger partial charge in [0.15, 0.2) is 9.84 Å². The lowest BCUT2D eigenvalue weighted by molar-refractivity contribution is 0.0728. The number of hydrogen-bond donors (Lipinski definition) is 0. The summed E-state index contributed by atoms with van der Waals surface area (Å²) in [5, 5.41) is -0.216. The van der Waals surface area contributed by atoms with E-state index in [9.17, 15) is 8.42 Å². The van der Waals surface area contributed by atoms with Crippen LogP contribution in [0.4, 0.5) is 5.82 Å². The minimum absolute atomic E-state index is 0.210. The number of rotatable bonds is 4. The second-order valence-corrected chi connectivity index (χ2v) is 9.77. The van der Waals surface area contributed by atoms with E-state index in [1.54, 1.807) is 0 Å². The van der Waals surface area contributed by atoms with Gasteiger partial charge in [-0.1, -0.05) is 0 Å². The molecule has 1 saturated carbocycles. The summed E-state index contributed by atoms with van der Waals surface area (Å²) in [4.78, 5) is 11.0. The molecule has 0 N–H and O–H groups in total. The molecule has 1 aromatic heterocycles. The molecule has 3 fully saturated rings. The predicted octanol–water partition coefficient (Wildman–Crippen LogP) is 1.28. The second-order valence-electron chi connectivity index (χ2n) is 7.23. The molecule has 1 atom stereocenters. The largest absolute Gasteiger partial charge is 0.381 e. The molecule has 0 radical (unpaired) electrons. The molecule has 138 valence electrons. The molecule has 0 spiro atoms. The molecule has 25 heavy (non-hydrogen) atoms. The Labute approximate surface area is 148 Å². The summed E-state index contributed by atoms with van der Waals surface area (Å²) in [5.41, 5.74) is 0.631. The fraction of sp³-hybridized carbons (Fsp3) is 0.765. The highest BCUT2D eigenvalue weighted by molar-refractivity contribution is 7.93.